The van der Waals surface area contributed by atoms with Gasteiger partial charge >= 0.3 is 0 Å². The number of ether oxygens (including phenoxy) is 1. The minimum atomic E-state index is -0.559. The van der Waals surface area contributed by atoms with Crippen molar-refractivity contribution in [3.63, 3.8) is 0 Å². The zero-order valence-corrected chi connectivity index (χ0v) is 20.8. The molecule has 5 nitrogen and oxygen atoms in total. The van der Waals surface area contributed by atoms with Crippen LogP contribution >= 0.6 is 23.4 Å². The van der Waals surface area contributed by atoms with Crippen molar-refractivity contribution in [3.8, 4) is 5.75 Å². The summed E-state index contributed by atoms with van der Waals surface area (Å²) in [5.74, 6) is 1.72. The van der Waals surface area contributed by atoms with Crippen LogP contribution in [0.1, 0.15) is 39.2 Å². The molecule has 0 fully saturated rings. The standard InChI is InChI=1S/C25H33ClN2O3S/c1-18(2)16-27-25(30)19(3)28(17-20-7-5-8-22(15-20)31-4)24(29)9-6-14-32-23-12-10-21(26)11-13-23/h5,7-8,10-13,15,18-19H,6,9,14,16-17H2,1-4H3,(H,27,30). The van der Waals surface area contributed by atoms with Gasteiger partial charge in [0.15, 0.2) is 0 Å². The van der Waals surface area contributed by atoms with Gasteiger partial charge in [-0.15, -0.1) is 11.8 Å². The van der Waals surface area contributed by atoms with Gasteiger partial charge in [-0.25, -0.2) is 0 Å². The smallest absolute Gasteiger partial charge is 0.242 e. The van der Waals surface area contributed by atoms with Crippen molar-refractivity contribution in [2.45, 2.75) is 51.1 Å². The molecule has 0 saturated heterocycles. The molecule has 2 rings (SSSR count). The molecular weight excluding hydrogens is 444 g/mol. The third-order valence-corrected chi connectivity index (χ3v) is 6.31. The zero-order valence-electron chi connectivity index (χ0n) is 19.3. The third kappa shape index (κ3) is 8.75. The average molecular weight is 477 g/mol. The Morgan fingerprint density at radius 2 is 1.84 bits per heavy atom. The highest BCUT2D eigenvalue weighted by Gasteiger charge is 2.26. The van der Waals surface area contributed by atoms with Crippen molar-refractivity contribution in [1.29, 1.82) is 0 Å². The molecule has 0 aliphatic carbocycles. The SMILES string of the molecule is COc1cccc(CN(C(=O)CCCSc2ccc(Cl)cc2)C(C)C(=O)NCC(C)C)c1. The van der Waals surface area contributed by atoms with Crippen molar-refractivity contribution in [1.82, 2.24) is 10.2 Å². The fourth-order valence-corrected chi connectivity index (χ4v) is 4.07. The van der Waals surface area contributed by atoms with Crippen LogP contribution in [0.2, 0.25) is 5.02 Å². The first-order chi connectivity index (χ1) is 15.3. The summed E-state index contributed by atoms with van der Waals surface area (Å²) in [6.45, 7) is 6.82. The van der Waals surface area contributed by atoms with Crippen LogP contribution in [0, 0.1) is 5.92 Å². The Hall–Kier alpha value is -2.18. The highest BCUT2D eigenvalue weighted by Crippen LogP contribution is 2.22. The van der Waals surface area contributed by atoms with E-state index >= 15 is 0 Å². The van der Waals surface area contributed by atoms with Crippen LogP contribution in [0.25, 0.3) is 0 Å². The summed E-state index contributed by atoms with van der Waals surface area (Å²) in [4.78, 5) is 28.6. The molecule has 2 aromatic rings. The van der Waals surface area contributed by atoms with Crippen LogP contribution < -0.4 is 10.1 Å². The van der Waals surface area contributed by atoms with Crippen LogP contribution in [0.15, 0.2) is 53.4 Å². The maximum Gasteiger partial charge on any atom is 0.242 e. The Kier molecular flexibility index (Phi) is 10.9. The molecule has 0 heterocycles. The summed E-state index contributed by atoms with van der Waals surface area (Å²) in [6, 6.07) is 14.7. The average Bonchev–Trinajstić information content (AvgIpc) is 2.79. The molecule has 0 aliphatic rings. The molecular formula is C25H33ClN2O3S. The van der Waals surface area contributed by atoms with Crippen LogP contribution in [0.5, 0.6) is 5.75 Å². The molecule has 0 bridgehead atoms. The maximum absolute atomic E-state index is 13.1. The number of halogens is 1. The van der Waals surface area contributed by atoms with Gasteiger partial charge in [0.1, 0.15) is 11.8 Å². The molecule has 0 aromatic heterocycles. The molecule has 0 radical (unpaired) electrons. The van der Waals surface area contributed by atoms with E-state index in [0.717, 1.165) is 28.4 Å². The molecule has 1 atom stereocenters. The lowest BCUT2D eigenvalue weighted by atomic mass is 10.1. The Labute approximate surface area is 200 Å². The van der Waals surface area contributed by atoms with Crippen LogP contribution in [-0.2, 0) is 16.1 Å². The fourth-order valence-electron chi connectivity index (χ4n) is 3.09. The summed E-state index contributed by atoms with van der Waals surface area (Å²) >= 11 is 7.62. The topological polar surface area (TPSA) is 58.6 Å². The summed E-state index contributed by atoms with van der Waals surface area (Å²) in [5.41, 5.74) is 0.928. The van der Waals surface area contributed by atoms with E-state index in [0.29, 0.717) is 30.5 Å². The lowest BCUT2D eigenvalue weighted by Gasteiger charge is -2.29. The van der Waals surface area contributed by atoms with Crippen molar-refractivity contribution >= 4 is 35.2 Å². The van der Waals surface area contributed by atoms with Crippen molar-refractivity contribution < 1.29 is 14.3 Å². The van der Waals surface area contributed by atoms with E-state index in [9.17, 15) is 9.59 Å². The van der Waals surface area contributed by atoms with Gasteiger partial charge in [0, 0.05) is 29.4 Å². The van der Waals surface area contributed by atoms with Gasteiger partial charge in [-0.1, -0.05) is 37.6 Å². The largest absolute Gasteiger partial charge is 0.497 e. The number of hydrogen-bond donors (Lipinski definition) is 1. The minimum absolute atomic E-state index is 0.0308. The van der Waals surface area contributed by atoms with Gasteiger partial charge in [0.05, 0.1) is 7.11 Å². The first-order valence-electron chi connectivity index (χ1n) is 10.9. The Morgan fingerprint density at radius 3 is 2.50 bits per heavy atom. The highest BCUT2D eigenvalue weighted by molar-refractivity contribution is 7.99. The Morgan fingerprint density at radius 1 is 1.12 bits per heavy atom. The number of nitrogens with zero attached hydrogens (tertiary/aromatic N) is 1. The number of hydrogen-bond acceptors (Lipinski definition) is 4. The van der Waals surface area contributed by atoms with E-state index < -0.39 is 6.04 Å². The van der Waals surface area contributed by atoms with E-state index in [-0.39, 0.29) is 11.8 Å². The number of benzene rings is 2. The van der Waals surface area contributed by atoms with Gasteiger partial charge < -0.3 is 15.0 Å². The van der Waals surface area contributed by atoms with Crippen molar-refractivity contribution in [2.24, 2.45) is 5.92 Å². The van der Waals surface area contributed by atoms with Crippen molar-refractivity contribution in [2.75, 3.05) is 19.4 Å². The van der Waals surface area contributed by atoms with E-state index in [1.165, 1.54) is 0 Å². The molecule has 0 spiro atoms. The molecule has 2 aromatic carbocycles. The minimum Gasteiger partial charge on any atom is -0.497 e. The lowest BCUT2D eigenvalue weighted by Crippen LogP contribution is -2.48. The quantitative estimate of drug-likeness (QED) is 0.328. The van der Waals surface area contributed by atoms with Crippen LogP contribution in [0.4, 0.5) is 0 Å². The van der Waals surface area contributed by atoms with E-state index in [4.69, 9.17) is 16.3 Å². The molecule has 1 N–H and O–H groups in total. The van der Waals surface area contributed by atoms with Gasteiger partial charge in [-0.2, -0.15) is 0 Å². The van der Waals surface area contributed by atoms with Gasteiger partial charge in [0.25, 0.3) is 0 Å². The summed E-state index contributed by atoms with van der Waals surface area (Å²) in [5, 5.41) is 3.66. The van der Waals surface area contributed by atoms with Crippen molar-refractivity contribution in [3.05, 3.63) is 59.1 Å². The van der Waals surface area contributed by atoms with E-state index in [2.05, 4.69) is 5.32 Å². The molecule has 1 unspecified atom stereocenters. The fraction of sp³-hybridized carbons (Fsp3) is 0.440. The monoisotopic (exact) mass is 476 g/mol. The summed E-state index contributed by atoms with van der Waals surface area (Å²) in [7, 11) is 1.61. The second-order valence-corrected chi connectivity index (χ2v) is 9.70. The number of methoxy groups -OCH3 is 1. The van der Waals surface area contributed by atoms with Gasteiger partial charge in [0.2, 0.25) is 11.8 Å². The predicted octanol–water partition coefficient (Wildman–Crippen LogP) is 5.41. The van der Waals surface area contributed by atoms with E-state index in [1.807, 2.05) is 62.4 Å². The number of rotatable bonds is 12. The lowest BCUT2D eigenvalue weighted by molar-refractivity contribution is -0.140. The van der Waals surface area contributed by atoms with Gasteiger partial charge in [-0.05, 0) is 67.0 Å². The first kappa shape index (κ1) is 26.1. The van der Waals surface area contributed by atoms with Gasteiger partial charge in [-0.3, -0.25) is 9.59 Å². The first-order valence-corrected chi connectivity index (χ1v) is 12.2. The Bertz CT molecular complexity index is 874. The third-order valence-electron chi connectivity index (χ3n) is 4.96. The zero-order chi connectivity index (χ0) is 23.5. The highest BCUT2D eigenvalue weighted by atomic mass is 35.5. The molecule has 7 heteroatoms. The molecule has 0 aliphatic heterocycles. The molecule has 0 saturated carbocycles. The number of carbonyl (C=O) groups excluding carboxylic acids is 2. The Balaban J connectivity index is 2.01. The predicted molar refractivity (Wildman–Crippen MR) is 132 cm³/mol. The van der Waals surface area contributed by atoms with E-state index in [1.54, 1.807) is 30.7 Å². The second-order valence-electron chi connectivity index (χ2n) is 8.09. The molecule has 174 valence electrons. The number of carbonyl (C=O) groups is 2. The number of amides is 2. The number of thioether (sulfide) groups is 1. The van der Waals surface area contributed by atoms with Crippen LogP contribution in [-0.4, -0.2) is 42.2 Å². The normalized spacial score (nSPS) is 11.8. The molecule has 2 amide bonds. The summed E-state index contributed by atoms with van der Waals surface area (Å²) in [6.07, 6.45) is 1.10. The molecule has 32 heavy (non-hydrogen) atoms. The van der Waals surface area contributed by atoms with Crippen LogP contribution in [0.3, 0.4) is 0 Å². The second kappa shape index (κ2) is 13.4. The number of nitrogens with one attached hydrogen (secondary N) is 1. The maximum atomic E-state index is 13.1. The summed E-state index contributed by atoms with van der Waals surface area (Å²) < 4.78 is 5.30.